The van der Waals surface area contributed by atoms with Crippen LogP contribution < -0.4 is 16.3 Å². The predicted octanol–water partition coefficient (Wildman–Crippen LogP) is 4.01. The van der Waals surface area contributed by atoms with Gasteiger partial charge in [-0.25, -0.2) is 4.68 Å². The zero-order valence-corrected chi connectivity index (χ0v) is 16.7. The Bertz CT molecular complexity index is 1140. The second-order valence-corrected chi connectivity index (χ2v) is 8.92. The van der Waals surface area contributed by atoms with Gasteiger partial charge in [-0.2, -0.15) is 0 Å². The van der Waals surface area contributed by atoms with Crippen LogP contribution in [0.1, 0.15) is 25.3 Å². The Kier molecular flexibility index (Phi) is 4.79. The van der Waals surface area contributed by atoms with E-state index in [1.165, 1.54) is 16.0 Å². The molecule has 0 saturated carbocycles. The van der Waals surface area contributed by atoms with Crippen molar-refractivity contribution in [3.8, 4) is 5.75 Å². The molecule has 0 amide bonds. The fourth-order valence-corrected chi connectivity index (χ4v) is 5.07. The number of unbranched alkanes of at least 4 members (excludes halogenated alkanes) is 1. The summed E-state index contributed by atoms with van der Waals surface area (Å²) in [6.45, 7) is 2.64. The summed E-state index contributed by atoms with van der Waals surface area (Å²) in [5.41, 5.74) is 3.47. The number of para-hydroxylation sites is 1. The highest BCUT2D eigenvalue weighted by Crippen LogP contribution is 2.55. The summed E-state index contributed by atoms with van der Waals surface area (Å²) in [4.78, 5) is 13.4. The van der Waals surface area contributed by atoms with Gasteiger partial charge < -0.3 is 15.8 Å². The van der Waals surface area contributed by atoms with Gasteiger partial charge in [0.1, 0.15) is 10.5 Å². The molecule has 0 saturated heterocycles. The highest BCUT2D eigenvalue weighted by molar-refractivity contribution is 8.23. The highest BCUT2D eigenvalue weighted by atomic mass is 32.3. The Morgan fingerprint density at radius 3 is 2.86 bits per heavy atom. The van der Waals surface area contributed by atoms with Crippen LogP contribution in [0.25, 0.3) is 10.2 Å². The van der Waals surface area contributed by atoms with Crippen LogP contribution in [0.4, 0.5) is 5.69 Å². The standard InChI is InChI=1S/C18H20N4O4S2/c1-2-3-9-19-22-12-8-10-27-16(12)15(23)14(18(22)24)17-20-11-6-4-5-7-13(11)28(25,26)21-17/h4-8,10,19,23,25-26H,2-3,9H2,1H3,(H,20,21). The summed E-state index contributed by atoms with van der Waals surface area (Å²) >= 11 is 1.29. The lowest BCUT2D eigenvalue weighted by molar-refractivity contribution is 0.479. The molecule has 0 atom stereocenters. The Morgan fingerprint density at radius 1 is 1.29 bits per heavy atom. The number of nitrogens with zero attached hydrogens (tertiary/aromatic N) is 2. The first kappa shape index (κ1) is 18.8. The minimum Gasteiger partial charge on any atom is -0.505 e. The van der Waals surface area contributed by atoms with Crippen molar-refractivity contribution in [3.63, 3.8) is 0 Å². The van der Waals surface area contributed by atoms with E-state index in [1.807, 2.05) is 0 Å². The smallest absolute Gasteiger partial charge is 0.284 e. The summed E-state index contributed by atoms with van der Waals surface area (Å²) in [7, 11) is -3.50. The van der Waals surface area contributed by atoms with Crippen LogP contribution in [0.5, 0.6) is 5.75 Å². The third-order valence-corrected chi connectivity index (χ3v) is 6.74. The summed E-state index contributed by atoms with van der Waals surface area (Å²) in [6.07, 6.45) is 1.84. The van der Waals surface area contributed by atoms with Crippen molar-refractivity contribution in [3.05, 3.63) is 51.6 Å². The third kappa shape index (κ3) is 3.04. The van der Waals surface area contributed by atoms with E-state index in [0.29, 0.717) is 22.4 Å². The van der Waals surface area contributed by atoms with Gasteiger partial charge in [0.05, 0.1) is 15.9 Å². The van der Waals surface area contributed by atoms with Crippen molar-refractivity contribution >= 4 is 43.9 Å². The summed E-state index contributed by atoms with van der Waals surface area (Å²) in [6, 6.07) is 8.39. The molecule has 1 aliphatic rings. The van der Waals surface area contributed by atoms with Crippen molar-refractivity contribution in [2.24, 2.45) is 4.40 Å². The number of amidine groups is 1. The van der Waals surface area contributed by atoms with Crippen molar-refractivity contribution in [2.45, 2.75) is 24.7 Å². The number of hydrogen-bond acceptors (Lipinski definition) is 8. The summed E-state index contributed by atoms with van der Waals surface area (Å²) < 4.78 is 26.8. The molecule has 0 radical (unpaired) electrons. The van der Waals surface area contributed by atoms with E-state index in [-0.39, 0.29) is 22.0 Å². The van der Waals surface area contributed by atoms with E-state index in [1.54, 1.807) is 35.7 Å². The molecular formula is C18H20N4O4S2. The van der Waals surface area contributed by atoms with Gasteiger partial charge in [0, 0.05) is 6.54 Å². The monoisotopic (exact) mass is 420 g/mol. The number of fused-ring (bicyclic) bond motifs is 2. The Balaban J connectivity index is 1.90. The molecule has 1 aromatic carbocycles. The van der Waals surface area contributed by atoms with Gasteiger partial charge in [0.2, 0.25) is 0 Å². The average molecular weight is 421 g/mol. The van der Waals surface area contributed by atoms with E-state index in [4.69, 9.17) is 0 Å². The largest absolute Gasteiger partial charge is 0.505 e. The minimum atomic E-state index is -3.50. The lowest BCUT2D eigenvalue weighted by Gasteiger charge is -2.34. The molecule has 8 nitrogen and oxygen atoms in total. The van der Waals surface area contributed by atoms with Gasteiger partial charge >= 0.3 is 0 Å². The molecule has 0 spiro atoms. The topological polar surface area (TPSA) is 119 Å². The van der Waals surface area contributed by atoms with Crippen LogP contribution in [0.15, 0.2) is 49.8 Å². The Hall–Kier alpha value is -2.53. The van der Waals surface area contributed by atoms with Gasteiger partial charge in [0.15, 0.2) is 11.6 Å². The van der Waals surface area contributed by atoms with Gasteiger partial charge in [0.25, 0.3) is 5.56 Å². The van der Waals surface area contributed by atoms with Crippen LogP contribution in [-0.2, 0) is 0 Å². The lowest BCUT2D eigenvalue weighted by atomic mass is 10.2. The molecule has 2 aromatic heterocycles. The van der Waals surface area contributed by atoms with Gasteiger partial charge in [-0.1, -0.05) is 36.3 Å². The van der Waals surface area contributed by atoms with Crippen LogP contribution in [0.2, 0.25) is 0 Å². The Morgan fingerprint density at radius 2 is 2.07 bits per heavy atom. The van der Waals surface area contributed by atoms with Crippen molar-refractivity contribution in [1.29, 1.82) is 0 Å². The number of pyridine rings is 1. The number of hydrogen-bond donors (Lipinski definition) is 5. The molecule has 28 heavy (non-hydrogen) atoms. The third-order valence-electron chi connectivity index (χ3n) is 4.44. The maximum atomic E-state index is 13.2. The zero-order chi connectivity index (χ0) is 19.9. The number of benzene rings is 1. The Labute approximate surface area is 166 Å². The van der Waals surface area contributed by atoms with Gasteiger partial charge in [-0.3, -0.25) is 13.9 Å². The maximum Gasteiger partial charge on any atom is 0.284 e. The van der Waals surface area contributed by atoms with E-state index < -0.39 is 16.3 Å². The number of rotatable bonds is 5. The first-order chi connectivity index (χ1) is 13.4. The molecule has 1 aliphatic heterocycles. The second-order valence-electron chi connectivity index (χ2n) is 6.34. The molecule has 0 unspecified atom stereocenters. The fraction of sp³-hybridized carbons (Fsp3) is 0.222. The van der Waals surface area contributed by atoms with E-state index in [0.717, 1.165) is 12.8 Å². The van der Waals surface area contributed by atoms with E-state index in [2.05, 4.69) is 22.1 Å². The van der Waals surface area contributed by atoms with Crippen molar-refractivity contribution in [2.75, 3.05) is 17.3 Å². The fourth-order valence-electron chi connectivity index (χ4n) is 3.07. The van der Waals surface area contributed by atoms with E-state index in [9.17, 15) is 19.0 Å². The van der Waals surface area contributed by atoms with Gasteiger partial charge in [-0.15, -0.1) is 15.7 Å². The highest BCUT2D eigenvalue weighted by Gasteiger charge is 2.30. The molecule has 5 N–H and O–H groups in total. The number of aromatic nitrogens is 1. The maximum absolute atomic E-state index is 13.2. The number of aromatic hydroxyl groups is 1. The van der Waals surface area contributed by atoms with Crippen LogP contribution in [0.3, 0.4) is 0 Å². The molecule has 148 valence electrons. The van der Waals surface area contributed by atoms with Crippen molar-refractivity contribution < 1.29 is 14.2 Å². The molecule has 0 fully saturated rings. The molecule has 4 rings (SSSR count). The van der Waals surface area contributed by atoms with Crippen LogP contribution >= 0.6 is 22.1 Å². The minimum absolute atomic E-state index is 0.0671. The first-order valence-electron chi connectivity index (χ1n) is 8.77. The van der Waals surface area contributed by atoms with Crippen LogP contribution in [0, 0.1) is 0 Å². The van der Waals surface area contributed by atoms with Crippen LogP contribution in [-0.4, -0.2) is 31.3 Å². The molecule has 3 heterocycles. The predicted molar refractivity (Wildman–Crippen MR) is 115 cm³/mol. The molecule has 0 aliphatic carbocycles. The summed E-state index contributed by atoms with van der Waals surface area (Å²) in [5.74, 6) is -0.299. The molecular weight excluding hydrogens is 400 g/mol. The van der Waals surface area contributed by atoms with E-state index >= 15 is 0 Å². The second kappa shape index (κ2) is 7.13. The lowest BCUT2D eigenvalue weighted by Crippen LogP contribution is -2.36. The average Bonchev–Trinajstić information content (AvgIpc) is 3.14. The quantitative estimate of drug-likeness (QED) is 0.398. The molecule has 10 heteroatoms. The molecule has 0 bridgehead atoms. The summed E-state index contributed by atoms with van der Waals surface area (Å²) in [5, 5.41) is 15.5. The normalized spacial score (nSPS) is 16.2. The number of nitrogens with one attached hydrogen (secondary N) is 2. The van der Waals surface area contributed by atoms with Crippen molar-refractivity contribution in [1.82, 2.24) is 4.68 Å². The first-order valence-corrected chi connectivity index (χ1v) is 11.2. The SMILES string of the molecule is CCCCNn1c(=O)c(C2=NS(O)(O)c3ccccc3N2)c(O)c2sccc21. The number of thiophene rings is 1. The number of anilines is 1. The zero-order valence-electron chi connectivity index (χ0n) is 15.0. The van der Waals surface area contributed by atoms with Gasteiger partial charge in [-0.05, 0) is 30.0 Å². The molecule has 3 aromatic rings.